The van der Waals surface area contributed by atoms with Crippen LogP contribution in [0.25, 0.3) is 0 Å². The molecule has 0 saturated carbocycles. The maximum atomic E-state index is 11.8. The Kier molecular flexibility index (Phi) is 5.65. The number of hydrogen-bond acceptors (Lipinski definition) is 3. The summed E-state index contributed by atoms with van der Waals surface area (Å²) in [7, 11) is 0. The van der Waals surface area contributed by atoms with Gasteiger partial charge in [0.2, 0.25) is 0 Å². The normalized spacial score (nSPS) is 18.2. The molecule has 1 aliphatic heterocycles. The lowest BCUT2D eigenvalue weighted by atomic mass is 10.1. The molecular weight excluding hydrogens is 330 g/mol. The second-order valence-corrected chi connectivity index (χ2v) is 6.94. The molecule has 1 fully saturated rings. The van der Waals surface area contributed by atoms with Crippen molar-refractivity contribution in [2.45, 2.75) is 32.7 Å². The summed E-state index contributed by atoms with van der Waals surface area (Å²) in [6.07, 6.45) is 2.41. The molecule has 2 rings (SSSR count). The van der Waals surface area contributed by atoms with Crippen LogP contribution in [0, 0.1) is 5.92 Å². The molecule has 1 aromatic rings. The van der Waals surface area contributed by atoms with E-state index in [2.05, 4.69) is 40.0 Å². The standard InChI is InChI=1S/C16H24BrN3O/c1-11(2)9-20(10-12-5-4-8-19-12)14-7-3-6-13(17)15(14)16(18)21/h3,6-7,11-12,19H,4-5,8-10H2,1-2H3,(H2,18,21). The number of amides is 1. The molecule has 5 heteroatoms. The predicted molar refractivity (Wildman–Crippen MR) is 90.7 cm³/mol. The molecule has 0 aromatic heterocycles. The lowest BCUT2D eigenvalue weighted by Gasteiger charge is -2.31. The number of primary amides is 1. The van der Waals surface area contributed by atoms with Crippen LogP contribution in [0.15, 0.2) is 22.7 Å². The van der Waals surface area contributed by atoms with Gasteiger partial charge in [-0.15, -0.1) is 0 Å². The van der Waals surface area contributed by atoms with Gasteiger partial charge in [-0.1, -0.05) is 19.9 Å². The fraction of sp³-hybridized carbons (Fsp3) is 0.562. The Morgan fingerprint density at radius 2 is 2.29 bits per heavy atom. The van der Waals surface area contributed by atoms with Crippen molar-refractivity contribution in [2.75, 3.05) is 24.5 Å². The van der Waals surface area contributed by atoms with Crippen LogP contribution in [0.1, 0.15) is 37.0 Å². The van der Waals surface area contributed by atoms with Crippen LogP contribution >= 0.6 is 15.9 Å². The molecule has 3 N–H and O–H groups in total. The molecule has 1 heterocycles. The molecule has 0 aliphatic carbocycles. The highest BCUT2D eigenvalue weighted by Crippen LogP contribution is 2.29. The molecule has 0 radical (unpaired) electrons. The number of benzene rings is 1. The van der Waals surface area contributed by atoms with E-state index in [9.17, 15) is 4.79 Å². The summed E-state index contributed by atoms with van der Waals surface area (Å²) < 4.78 is 0.764. The Morgan fingerprint density at radius 1 is 1.52 bits per heavy atom. The van der Waals surface area contributed by atoms with Crippen molar-refractivity contribution in [3.05, 3.63) is 28.2 Å². The molecule has 4 nitrogen and oxygen atoms in total. The van der Waals surface area contributed by atoms with Gasteiger partial charge in [0.05, 0.1) is 11.3 Å². The predicted octanol–water partition coefficient (Wildman–Crippen LogP) is 2.76. The summed E-state index contributed by atoms with van der Waals surface area (Å²) in [6, 6.07) is 6.30. The summed E-state index contributed by atoms with van der Waals surface area (Å²) in [6.45, 7) is 7.29. The summed E-state index contributed by atoms with van der Waals surface area (Å²) in [5.74, 6) is 0.136. The van der Waals surface area contributed by atoms with E-state index in [0.717, 1.165) is 29.8 Å². The van der Waals surface area contributed by atoms with Crippen molar-refractivity contribution in [1.29, 1.82) is 0 Å². The molecule has 1 atom stereocenters. The van der Waals surface area contributed by atoms with E-state index in [0.29, 0.717) is 17.5 Å². The monoisotopic (exact) mass is 353 g/mol. The molecule has 0 bridgehead atoms. The van der Waals surface area contributed by atoms with Crippen LogP contribution < -0.4 is 16.0 Å². The molecule has 1 unspecified atom stereocenters. The number of hydrogen-bond donors (Lipinski definition) is 2. The lowest BCUT2D eigenvalue weighted by Crippen LogP contribution is -2.40. The van der Waals surface area contributed by atoms with Gasteiger partial charge in [-0.25, -0.2) is 0 Å². The Balaban J connectivity index is 2.31. The molecule has 1 saturated heterocycles. The van der Waals surface area contributed by atoms with Crippen LogP contribution in [-0.2, 0) is 0 Å². The van der Waals surface area contributed by atoms with E-state index in [1.165, 1.54) is 12.8 Å². The van der Waals surface area contributed by atoms with Crippen LogP contribution in [0.2, 0.25) is 0 Å². The zero-order valence-corrected chi connectivity index (χ0v) is 14.3. The number of nitrogens with two attached hydrogens (primary N) is 1. The van der Waals surface area contributed by atoms with E-state index < -0.39 is 0 Å². The molecule has 21 heavy (non-hydrogen) atoms. The molecule has 0 spiro atoms. The number of carbonyl (C=O) groups is 1. The van der Waals surface area contributed by atoms with Crippen LogP contribution in [0.3, 0.4) is 0 Å². The zero-order chi connectivity index (χ0) is 15.4. The largest absolute Gasteiger partial charge is 0.369 e. The summed E-state index contributed by atoms with van der Waals surface area (Å²) >= 11 is 3.45. The Bertz CT molecular complexity index is 498. The summed E-state index contributed by atoms with van der Waals surface area (Å²) in [5.41, 5.74) is 7.09. The summed E-state index contributed by atoms with van der Waals surface area (Å²) in [5, 5.41) is 3.52. The van der Waals surface area contributed by atoms with Gasteiger partial charge in [0.15, 0.2) is 0 Å². The van der Waals surface area contributed by atoms with Crippen LogP contribution in [-0.4, -0.2) is 31.6 Å². The number of rotatable bonds is 6. The molecule has 1 aliphatic rings. The average Bonchev–Trinajstić information content (AvgIpc) is 2.89. The van der Waals surface area contributed by atoms with Crippen molar-refractivity contribution in [3.8, 4) is 0 Å². The van der Waals surface area contributed by atoms with Gasteiger partial charge >= 0.3 is 0 Å². The number of anilines is 1. The Morgan fingerprint density at radius 3 is 2.86 bits per heavy atom. The van der Waals surface area contributed by atoms with Gasteiger partial charge < -0.3 is 16.0 Å². The van der Waals surface area contributed by atoms with Gasteiger partial charge in [0.1, 0.15) is 0 Å². The number of carbonyl (C=O) groups excluding carboxylic acids is 1. The van der Waals surface area contributed by atoms with E-state index in [1.807, 2.05) is 18.2 Å². The van der Waals surface area contributed by atoms with Crippen molar-refractivity contribution >= 4 is 27.5 Å². The van der Waals surface area contributed by atoms with E-state index in [-0.39, 0.29) is 5.91 Å². The van der Waals surface area contributed by atoms with Crippen molar-refractivity contribution in [2.24, 2.45) is 11.7 Å². The van der Waals surface area contributed by atoms with E-state index in [4.69, 9.17) is 5.73 Å². The fourth-order valence-electron chi connectivity index (χ4n) is 2.91. The second-order valence-electron chi connectivity index (χ2n) is 6.09. The van der Waals surface area contributed by atoms with Crippen molar-refractivity contribution < 1.29 is 4.79 Å². The highest BCUT2D eigenvalue weighted by molar-refractivity contribution is 9.10. The minimum Gasteiger partial charge on any atom is -0.369 e. The zero-order valence-electron chi connectivity index (χ0n) is 12.7. The van der Waals surface area contributed by atoms with Gasteiger partial charge in [-0.3, -0.25) is 4.79 Å². The third-order valence-corrected chi connectivity index (χ3v) is 4.43. The first-order valence-electron chi connectivity index (χ1n) is 7.55. The first-order chi connectivity index (χ1) is 9.99. The molecule has 116 valence electrons. The van der Waals surface area contributed by atoms with Crippen LogP contribution in [0.4, 0.5) is 5.69 Å². The smallest absolute Gasteiger partial charge is 0.251 e. The molecule has 1 aromatic carbocycles. The first kappa shape index (κ1) is 16.3. The Hall–Kier alpha value is -1.07. The minimum absolute atomic E-state index is 0.384. The third kappa shape index (κ3) is 4.20. The maximum absolute atomic E-state index is 11.8. The maximum Gasteiger partial charge on any atom is 0.251 e. The first-order valence-corrected chi connectivity index (χ1v) is 8.35. The fourth-order valence-corrected chi connectivity index (χ4v) is 3.46. The van der Waals surface area contributed by atoms with Crippen molar-refractivity contribution in [1.82, 2.24) is 5.32 Å². The third-order valence-electron chi connectivity index (χ3n) is 3.77. The Labute approximate surface area is 135 Å². The molecule has 1 amide bonds. The minimum atomic E-state index is -0.384. The number of halogens is 1. The highest BCUT2D eigenvalue weighted by Gasteiger charge is 2.23. The van der Waals surface area contributed by atoms with Gasteiger partial charge in [0.25, 0.3) is 5.91 Å². The number of nitrogens with one attached hydrogen (secondary N) is 1. The van der Waals surface area contributed by atoms with Gasteiger partial charge in [0, 0.05) is 23.6 Å². The van der Waals surface area contributed by atoms with Crippen molar-refractivity contribution in [3.63, 3.8) is 0 Å². The van der Waals surface area contributed by atoms with E-state index in [1.54, 1.807) is 0 Å². The SMILES string of the molecule is CC(C)CN(CC1CCCN1)c1cccc(Br)c1C(N)=O. The summed E-state index contributed by atoms with van der Waals surface area (Å²) in [4.78, 5) is 14.1. The average molecular weight is 354 g/mol. The quantitative estimate of drug-likeness (QED) is 0.826. The van der Waals surface area contributed by atoms with Gasteiger partial charge in [-0.2, -0.15) is 0 Å². The second kappa shape index (κ2) is 7.27. The topological polar surface area (TPSA) is 58.4 Å². The number of nitrogens with zero attached hydrogens (tertiary/aromatic N) is 1. The van der Waals surface area contributed by atoms with E-state index >= 15 is 0 Å². The highest BCUT2D eigenvalue weighted by atomic mass is 79.9. The van der Waals surface area contributed by atoms with Crippen LogP contribution in [0.5, 0.6) is 0 Å². The lowest BCUT2D eigenvalue weighted by molar-refractivity contribution is 0.1000. The van der Waals surface area contributed by atoms with Gasteiger partial charge in [-0.05, 0) is 53.4 Å². The molecular formula is C16H24BrN3O.